The van der Waals surface area contributed by atoms with Crippen LogP contribution in [0.15, 0.2) is 36.4 Å². The van der Waals surface area contributed by atoms with Gasteiger partial charge < -0.3 is 14.9 Å². The first kappa shape index (κ1) is 17.3. The van der Waals surface area contributed by atoms with E-state index in [9.17, 15) is 4.79 Å². The van der Waals surface area contributed by atoms with Gasteiger partial charge in [-0.3, -0.25) is 4.79 Å². The number of aromatic nitrogens is 3. The molecule has 0 fully saturated rings. The number of nitrogens with zero attached hydrogens (tertiary/aromatic N) is 3. The normalized spacial score (nSPS) is 12.0. The Hall–Kier alpha value is -2.51. The maximum absolute atomic E-state index is 12.3. The Morgan fingerprint density at radius 1 is 1.24 bits per heavy atom. The third kappa shape index (κ3) is 3.78. The van der Waals surface area contributed by atoms with Crippen molar-refractivity contribution in [2.45, 2.75) is 13.0 Å². The Labute approximate surface area is 153 Å². The fraction of sp³-hybridized carbons (Fsp3) is 0.188. The molecule has 0 radical (unpaired) electrons. The van der Waals surface area contributed by atoms with Gasteiger partial charge in [-0.25, -0.2) is 0 Å². The van der Waals surface area contributed by atoms with E-state index in [1.165, 1.54) is 12.0 Å². The molecule has 0 aliphatic carbocycles. The quantitative estimate of drug-likeness (QED) is 0.735. The first-order valence-electron chi connectivity index (χ1n) is 7.30. The number of fused-ring (bicyclic) bond motifs is 1. The monoisotopic (exact) mass is 380 g/mol. The summed E-state index contributed by atoms with van der Waals surface area (Å²) in [6.45, 7) is 1.60. The van der Waals surface area contributed by atoms with E-state index >= 15 is 0 Å². The van der Waals surface area contributed by atoms with E-state index in [1.807, 2.05) is 0 Å². The Balaban J connectivity index is 1.72. The summed E-state index contributed by atoms with van der Waals surface area (Å²) < 4.78 is 5.07. The zero-order valence-corrected chi connectivity index (χ0v) is 14.9. The number of benzene rings is 2. The molecule has 1 N–H and O–H groups in total. The lowest BCUT2D eigenvalue weighted by Gasteiger charge is -2.14. The summed E-state index contributed by atoms with van der Waals surface area (Å²) in [4.78, 5) is 19.0. The highest BCUT2D eigenvalue weighted by Gasteiger charge is 2.18. The number of carbonyl (C=O) groups excluding carboxylic acids is 1. The van der Waals surface area contributed by atoms with Crippen molar-refractivity contribution >= 4 is 45.8 Å². The Kier molecular flexibility index (Phi) is 4.96. The van der Waals surface area contributed by atoms with Gasteiger partial charge in [0.2, 0.25) is 6.10 Å². The maximum Gasteiger partial charge on any atom is 0.267 e. The first-order valence-corrected chi connectivity index (χ1v) is 8.06. The second kappa shape index (κ2) is 7.16. The van der Waals surface area contributed by atoms with Crippen LogP contribution in [-0.2, 0) is 4.79 Å². The number of nitrogens with one attached hydrogen (secondary N) is 1. The predicted molar refractivity (Wildman–Crippen MR) is 95.2 cm³/mol. The molecule has 3 rings (SSSR count). The van der Waals surface area contributed by atoms with E-state index in [1.54, 1.807) is 43.3 Å². The third-order valence-electron chi connectivity index (χ3n) is 3.42. The van der Waals surface area contributed by atoms with Gasteiger partial charge in [-0.1, -0.05) is 28.0 Å². The van der Waals surface area contributed by atoms with Crippen molar-refractivity contribution in [3.05, 3.63) is 46.4 Å². The fourth-order valence-electron chi connectivity index (χ4n) is 2.13. The third-order valence-corrected chi connectivity index (χ3v) is 3.95. The molecule has 0 saturated heterocycles. The van der Waals surface area contributed by atoms with Gasteiger partial charge in [-0.15, -0.1) is 5.10 Å². The minimum atomic E-state index is -0.829. The summed E-state index contributed by atoms with van der Waals surface area (Å²) in [6, 6.07) is 10.0. The van der Waals surface area contributed by atoms with E-state index in [4.69, 9.17) is 32.8 Å². The number of halogens is 2. The van der Waals surface area contributed by atoms with Crippen molar-refractivity contribution in [2.24, 2.45) is 0 Å². The van der Waals surface area contributed by atoms with E-state index in [2.05, 4.69) is 15.6 Å². The molecule has 0 spiro atoms. The van der Waals surface area contributed by atoms with Crippen LogP contribution in [0.25, 0.3) is 11.0 Å². The number of hydrogen-bond acceptors (Lipinski definition) is 5. The van der Waals surface area contributed by atoms with Crippen LogP contribution in [0.1, 0.15) is 6.92 Å². The summed E-state index contributed by atoms with van der Waals surface area (Å²) in [6.07, 6.45) is -0.829. The molecule has 1 heterocycles. The van der Waals surface area contributed by atoms with Crippen molar-refractivity contribution in [2.75, 3.05) is 12.4 Å². The molecular formula is C16H14Cl2N4O3. The number of carbonyl (C=O) groups is 1. The van der Waals surface area contributed by atoms with E-state index < -0.39 is 6.10 Å². The SMILES string of the molecule is COc1ccc(NC(=O)C(C)On2nnc3ccc(Cl)cc32)cc1Cl. The molecule has 25 heavy (non-hydrogen) atoms. The fourth-order valence-corrected chi connectivity index (χ4v) is 2.56. The maximum atomic E-state index is 12.3. The van der Waals surface area contributed by atoms with Gasteiger partial charge in [0.15, 0.2) is 0 Å². The molecule has 130 valence electrons. The van der Waals surface area contributed by atoms with Gasteiger partial charge in [-0.05, 0) is 48.5 Å². The zero-order chi connectivity index (χ0) is 18.0. The lowest BCUT2D eigenvalue weighted by atomic mass is 10.3. The standard InChI is InChI=1S/C16H14Cl2N4O3/c1-9(16(23)19-11-4-6-15(24-2)12(18)8-11)25-22-14-7-10(17)3-5-13(14)20-21-22/h3-9H,1-2H3,(H,19,23). The number of anilines is 1. The van der Waals surface area contributed by atoms with E-state index in [-0.39, 0.29) is 5.91 Å². The second-order valence-corrected chi connectivity index (χ2v) is 6.03. The van der Waals surface area contributed by atoms with Crippen molar-refractivity contribution in [3.63, 3.8) is 0 Å². The molecule has 0 aliphatic heterocycles. The number of rotatable bonds is 5. The van der Waals surface area contributed by atoms with Crippen molar-refractivity contribution < 1.29 is 14.4 Å². The van der Waals surface area contributed by atoms with Gasteiger partial charge in [0, 0.05) is 10.7 Å². The van der Waals surface area contributed by atoms with Crippen LogP contribution in [-0.4, -0.2) is 34.3 Å². The molecule has 2 aromatic carbocycles. The highest BCUT2D eigenvalue weighted by Crippen LogP contribution is 2.27. The van der Waals surface area contributed by atoms with Crippen LogP contribution < -0.4 is 14.9 Å². The molecule has 1 atom stereocenters. The van der Waals surface area contributed by atoms with E-state index in [0.717, 1.165) is 0 Å². The van der Waals surface area contributed by atoms with Crippen LogP contribution in [0, 0.1) is 0 Å². The van der Waals surface area contributed by atoms with Gasteiger partial charge in [-0.2, -0.15) is 0 Å². The van der Waals surface area contributed by atoms with Crippen LogP contribution in [0.3, 0.4) is 0 Å². The molecule has 3 aromatic rings. The van der Waals surface area contributed by atoms with Crippen molar-refractivity contribution in [3.8, 4) is 5.75 Å². The number of amides is 1. The van der Waals surface area contributed by atoms with Crippen LogP contribution in [0.5, 0.6) is 5.75 Å². The average molecular weight is 381 g/mol. The lowest BCUT2D eigenvalue weighted by molar-refractivity contribution is -0.127. The molecule has 0 bridgehead atoms. The summed E-state index contributed by atoms with van der Waals surface area (Å²) in [7, 11) is 1.52. The largest absolute Gasteiger partial charge is 0.495 e. The molecule has 7 nitrogen and oxygen atoms in total. The van der Waals surface area contributed by atoms with Gasteiger partial charge >= 0.3 is 0 Å². The van der Waals surface area contributed by atoms with Gasteiger partial charge in [0.25, 0.3) is 5.91 Å². The number of hydrogen-bond donors (Lipinski definition) is 1. The Morgan fingerprint density at radius 3 is 2.76 bits per heavy atom. The highest BCUT2D eigenvalue weighted by atomic mass is 35.5. The first-order chi connectivity index (χ1) is 12.0. The highest BCUT2D eigenvalue weighted by molar-refractivity contribution is 6.32. The molecule has 9 heteroatoms. The predicted octanol–water partition coefficient (Wildman–Crippen LogP) is 3.20. The number of methoxy groups -OCH3 is 1. The zero-order valence-electron chi connectivity index (χ0n) is 13.4. The molecule has 1 unspecified atom stereocenters. The average Bonchev–Trinajstić information content (AvgIpc) is 2.97. The van der Waals surface area contributed by atoms with E-state index in [0.29, 0.717) is 32.5 Å². The summed E-state index contributed by atoms with van der Waals surface area (Å²) >= 11 is 12.0. The van der Waals surface area contributed by atoms with Gasteiger partial charge in [0.1, 0.15) is 16.8 Å². The smallest absolute Gasteiger partial charge is 0.267 e. The van der Waals surface area contributed by atoms with Crippen LogP contribution in [0.2, 0.25) is 10.0 Å². The number of ether oxygens (including phenoxy) is 1. The second-order valence-electron chi connectivity index (χ2n) is 5.18. The van der Waals surface area contributed by atoms with Crippen LogP contribution in [0.4, 0.5) is 5.69 Å². The van der Waals surface area contributed by atoms with Crippen LogP contribution >= 0.6 is 23.2 Å². The Morgan fingerprint density at radius 2 is 2.04 bits per heavy atom. The lowest BCUT2D eigenvalue weighted by Crippen LogP contribution is -2.35. The minimum absolute atomic E-state index is 0.369. The molecule has 0 aliphatic rings. The summed E-state index contributed by atoms with van der Waals surface area (Å²) in [5.41, 5.74) is 1.70. The summed E-state index contributed by atoms with van der Waals surface area (Å²) in [5, 5.41) is 11.5. The molecule has 0 saturated carbocycles. The minimum Gasteiger partial charge on any atom is -0.495 e. The van der Waals surface area contributed by atoms with Gasteiger partial charge in [0.05, 0.1) is 12.1 Å². The van der Waals surface area contributed by atoms with Crippen molar-refractivity contribution in [1.29, 1.82) is 0 Å². The molecule has 1 aromatic heterocycles. The molecule has 1 amide bonds. The Bertz CT molecular complexity index is 929. The summed E-state index contributed by atoms with van der Waals surface area (Å²) in [5.74, 6) is 0.154. The topological polar surface area (TPSA) is 78.3 Å². The van der Waals surface area contributed by atoms with Crippen molar-refractivity contribution in [1.82, 2.24) is 15.2 Å². The molecular weight excluding hydrogens is 367 g/mol.